The molecule has 1 saturated carbocycles. The SMILES string of the molecule is O=c1c2ccccc2nc(C2CCCCC2)n1N=Cc1cc(Br)c(OCc2cccc([N+](=O)[O-])c2)c(Br)c1. The molecule has 0 unspecified atom stereocenters. The second-order valence-electron chi connectivity index (χ2n) is 9.21. The van der Waals surface area contributed by atoms with Crippen LogP contribution in [-0.2, 0) is 6.61 Å². The van der Waals surface area contributed by atoms with Gasteiger partial charge in [-0.25, -0.2) is 4.98 Å². The van der Waals surface area contributed by atoms with Crippen LogP contribution in [0.1, 0.15) is 55.0 Å². The van der Waals surface area contributed by atoms with E-state index in [2.05, 4.69) is 37.0 Å². The molecule has 0 N–H and O–H groups in total. The third-order valence-electron chi connectivity index (χ3n) is 6.60. The average molecular weight is 640 g/mol. The summed E-state index contributed by atoms with van der Waals surface area (Å²) < 4.78 is 8.75. The van der Waals surface area contributed by atoms with E-state index in [4.69, 9.17) is 9.72 Å². The van der Waals surface area contributed by atoms with Crippen LogP contribution < -0.4 is 10.3 Å². The summed E-state index contributed by atoms with van der Waals surface area (Å²) >= 11 is 7.11. The Morgan fingerprint density at radius 3 is 2.53 bits per heavy atom. The van der Waals surface area contributed by atoms with Gasteiger partial charge >= 0.3 is 0 Å². The van der Waals surface area contributed by atoms with Crippen LogP contribution in [0.2, 0.25) is 0 Å². The van der Waals surface area contributed by atoms with Gasteiger partial charge in [0.15, 0.2) is 0 Å². The fourth-order valence-electron chi connectivity index (χ4n) is 4.71. The van der Waals surface area contributed by atoms with Crippen molar-refractivity contribution in [3.05, 3.63) is 107 Å². The highest BCUT2D eigenvalue weighted by Crippen LogP contribution is 2.35. The molecule has 1 aliphatic rings. The van der Waals surface area contributed by atoms with Crippen molar-refractivity contribution in [2.24, 2.45) is 5.10 Å². The zero-order valence-corrected chi connectivity index (χ0v) is 23.5. The first kappa shape index (κ1) is 26.2. The Labute approximate surface area is 235 Å². The molecule has 5 rings (SSSR count). The normalized spacial score (nSPS) is 14.3. The molecule has 1 heterocycles. The van der Waals surface area contributed by atoms with E-state index >= 15 is 0 Å². The van der Waals surface area contributed by atoms with Crippen LogP contribution in [0.3, 0.4) is 0 Å². The predicted octanol–water partition coefficient (Wildman–Crippen LogP) is 7.34. The quantitative estimate of drug-likeness (QED) is 0.120. The van der Waals surface area contributed by atoms with Gasteiger partial charge in [-0.2, -0.15) is 9.78 Å². The zero-order chi connectivity index (χ0) is 26.6. The maximum absolute atomic E-state index is 13.4. The number of aromatic nitrogens is 2. The number of ether oxygens (including phenoxy) is 1. The van der Waals surface area contributed by atoms with Gasteiger partial charge in [-0.1, -0.05) is 43.5 Å². The molecule has 8 nitrogen and oxygen atoms in total. The number of nitro groups is 1. The van der Waals surface area contributed by atoms with Gasteiger partial charge in [0.25, 0.3) is 11.2 Å². The van der Waals surface area contributed by atoms with Crippen molar-refractivity contribution in [3.63, 3.8) is 0 Å². The second-order valence-corrected chi connectivity index (χ2v) is 10.9. The summed E-state index contributed by atoms with van der Waals surface area (Å²) in [4.78, 5) is 28.9. The standard InChI is InChI=1S/C28H24Br2N4O4/c29-23-14-19(15-24(30)26(23)38-17-18-7-6-10-21(13-18)34(36)37)16-31-33-27(20-8-2-1-3-9-20)32-25-12-5-4-11-22(25)28(33)35/h4-7,10-16,20H,1-3,8-9,17H2. The van der Waals surface area contributed by atoms with E-state index in [0.29, 0.717) is 37.0 Å². The van der Waals surface area contributed by atoms with Crippen molar-refractivity contribution in [3.8, 4) is 5.75 Å². The number of halogens is 2. The summed E-state index contributed by atoms with van der Waals surface area (Å²) in [5, 5.41) is 16.2. The molecule has 3 aromatic carbocycles. The van der Waals surface area contributed by atoms with E-state index in [-0.39, 0.29) is 23.8 Å². The molecule has 0 bridgehead atoms. The molecule has 1 aliphatic carbocycles. The summed E-state index contributed by atoms with van der Waals surface area (Å²) in [5.74, 6) is 1.46. The van der Waals surface area contributed by atoms with Gasteiger partial charge in [-0.15, -0.1) is 0 Å². The van der Waals surface area contributed by atoms with E-state index in [0.717, 1.165) is 31.2 Å². The molecule has 1 fully saturated rings. The lowest BCUT2D eigenvalue weighted by atomic mass is 9.88. The van der Waals surface area contributed by atoms with Gasteiger partial charge in [0, 0.05) is 18.1 Å². The molecular formula is C28H24Br2N4O4. The van der Waals surface area contributed by atoms with Crippen molar-refractivity contribution < 1.29 is 9.66 Å². The highest BCUT2D eigenvalue weighted by molar-refractivity contribution is 9.11. The minimum atomic E-state index is -0.431. The van der Waals surface area contributed by atoms with E-state index in [1.54, 1.807) is 24.4 Å². The number of benzene rings is 3. The molecular weight excluding hydrogens is 616 g/mol. The number of hydrogen-bond acceptors (Lipinski definition) is 6. The Hall–Kier alpha value is -3.37. The van der Waals surface area contributed by atoms with Crippen molar-refractivity contribution >= 4 is 54.7 Å². The van der Waals surface area contributed by atoms with Crippen LogP contribution in [0.25, 0.3) is 10.9 Å². The first-order valence-corrected chi connectivity index (χ1v) is 13.9. The number of rotatable bonds is 7. The van der Waals surface area contributed by atoms with E-state index in [1.165, 1.54) is 23.2 Å². The number of fused-ring (bicyclic) bond motifs is 1. The Kier molecular flexibility index (Phi) is 7.99. The third kappa shape index (κ3) is 5.71. The Morgan fingerprint density at radius 1 is 1.05 bits per heavy atom. The molecule has 0 radical (unpaired) electrons. The summed E-state index contributed by atoms with van der Waals surface area (Å²) in [6.45, 7) is 0.162. The first-order valence-electron chi connectivity index (χ1n) is 12.3. The summed E-state index contributed by atoms with van der Waals surface area (Å²) in [6.07, 6.45) is 7.07. The predicted molar refractivity (Wildman–Crippen MR) is 154 cm³/mol. The summed E-state index contributed by atoms with van der Waals surface area (Å²) in [7, 11) is 0. The van der Waals surface area contributed by atoms with E-state index in [1.807, 2.05) is 30.3 Å². The fourth-order valence-corrected chi connectivity index (χ4v) is 6.16. The largest absolute Gasteiger partial charge is 0.487 e. The summed E-state index contributed by atoms with van der Waals surface area (Å²) in [6, 6.07) is 17.4. The van der Waals surface area contributed by atoms with Crippen LogP contribution in [0.5, 0.6) is 5.75 Å². The lowest BCUT2D eigenvalue weighted by Crippen LogP contribution is -2.25. The summed E-state index contributed by atoms with van der Waals surface area (Å²) in [5.41, 5.74) is 1.97. The third-order valence-corrected chi connectivity index (χ3v) is 7.77. The molecule has 0 aliphatic heterocycles. The monoisotopic (exact) mass is 638 g/mol. The van der Waals surface area contributed by atoms with E-state index in [9.17, 15) is 14.9 Å². The molecule has 194 valence electrons. The van der Waals surface area contributed by atoms with Crippen molar-refractivity contribution in [1.82, 2.24) is 9.66 Å². The highest BCUT2D eigenvalue weighted by Gasteiger charge is 2.22. The zero-order valence-electron chi connectivity index (χ0n) is 20.3. The Morgan fingerprint density at radius 2 is 1.79 bits per heavy atom. The maximum atomic E-state index is 13.4. The van der Waals surface area contributed by atoms with Gasteiger partial charge in [0.2, 0.25) is 0 Å². The lowest BCUT2D eigenvalue weighted by molar-refractivity contribution is -0.384. The molecule has 1 aromatic heterocycles. The molecule has 0 amide bonds. The smallest absolute Gasteiger partial charge is 0.282 e. The van der Waals surface area contributed by atoms with Crippen LogP contribution in [0.4, 0.5) is 5.69 Å². The van der Waals surface area contributed by atoms with Gasteiger partial charge in [-0.05, 0) is 80.1 Å². The average Bonchev–Trinajstić information content (AvgIpc) is 2.92. The first-order chi connectivity index (χ1) is 18.4. The van der Waals surface area contributed by atoms with E-state index < -0.39 is 4.92 Å². The lowest BCUT2D eigenvalue weighted by Gasteiger charge is -2.22. The number of nitrogens with zero attached hydrogens (tertiary/aromatic N) is 4. The number of para-hydroxylation sites is 1. The van der Waals surface area contributed by atoms with Crippen molar-refractivity contribution in [1.29, 1.82) is 0 Å². The van der Waals surface area contributed by atoms with Crippen LogP contribution >= 0.6 is 31.9 Å². The van der Waals surface area contributed by atoms with Crippen molar-refractivity contribution in [2.45, 2.75) is 44.6 Å². The number of non-ortho nitro benzene ring substituents is 1. The molecule has 0 spiro atoms. The number of hydrogen-bond donors (Lipinski definition) is 0. The second kappa shape index (κ2) is 11.6. The van der Waals surface area contributed by atoms with Gasteiger partial charge < -0.3 is 4.74 Å². The minimum Gasteiger partial charge on any atom is -0.487 e. The minimum absolute atomic E-state index is 0.0156. The van der Waals surface area contributed by atoms with Crippen LogP contribution in [-0.4, -0.2) is 20.8 Å². The Bertz CT molecular complexity index is 1570. The van der Waals surface area contributed by atoms with Crippen molar-refractivity contribution in [2.75, 3.05) is 0 Å². The van der Waals surface area contributed by atoms with Gasteiger partial charge in [0.05, 0.1) is 31.0 Å². The molecule has 4 aromatic rings. The fraction of sp³-hybridized carbons (Fsp3) is 0.250. The van der Waals surface area contributed by atoms with Gasteiger partial charge in [0.1, 0.15) is 18.2 Å². The number of nitro benzene ring substituents is 1. The molecule has 0 atom stereocenters. The molecule has 0 saturated heterocycles. The van der Waals surface area contributed by atoms with Gasteiger partial charge in [-0.3, -0.25) is 14.9 Å². The molecule has 38 heavy (non-hydrogen) atoms. The highest BCUT2D eigenvalue weighted by atomic mass is 79.9. The van der Waals surface area contributed by atoms with Crippen LogP contribution in [0, 0.1) is 10.1 Å². The Balaban J connectivity index is 1.43. The van der Waals surface area contributed by atoms with Crippen LogP contribution in [0.15, 0.2) is 79.5 Å². The maximum Gasteiger partial charge on any atom is 0.282 e. The topological polar surface area (TPSA) is 99.6 Å². The molecule has 10 heteroatoms.